The van der Waals surface area contributed by atoms with Crippen molar-refractivity contribution in [3.8, 4) is 5.75 Å². The van der Waals surface area contributed by atoms with E-state index in [1.165, 1.54) is 11.3 Å². The Morgan fingerprint density at radius 1 is 1.22 bits per heavy atom. The molecule has 0 aliphatic carbocycles. The van der Waals surface area contributed by atoms with Gasteiger partial charge in [0.1, 0.15) is 10.8 Å². The summed E-state index contributed by atoms with van der Waals surface area (Å²) in [6, 6.07) is 7.73. The van der Waals surface area contributed by atoms with E-state index in [0.717, 1.165) is 29.3 Å². The first-order valence-electron chi connectivity index (χ1n) is 7.46. The highest BCUT2D eigenvalue weighted by Crippen LogP contribution is 2.17. The summed E-state index contributed by atoms with van der Waals surface area (Å²) in [5.41, 5.74) is 1.10. The number of carbonyl (C=O) groups is 1. The highest BCUT2D eigenvalue weighted by atomic mass is 32.1. The first-order valence-corrected chi connectivity index (χ1v) is 8.28. The van der Waals surface area contributed by atoms with Crippen molar-refractivity contribution in [3.05, 3.63) is 34.8 Å². The Morgan fingerprint density at radius 2 is 1.96 bits per heavy atom. The largest absolute Gasteiger partial charge is 0.497 e. The summed E-state index contributed by atoms with van der Waals surface area (Å²) in [5.74, 6) is 0.772. The summed E-state index contributed by atoms with van der Waals surface area (Å²) >= 11 is 1.43. The van der Waals surface area contributed by atoms with Crippen molar-refractivity contribution in [3.63, 3.8) is 0 Å². The molecular formula is C16H22N4O2S. The normalized spacial score (nSPS) is 10.8. The molecule has 0 aliphatic rings. The molecule has 0 spiro atoms. The van der Waals surface area contributed by atoms with Crippen LogP contribution in [0.5, 0.6) is 5.75 Å². The third kappa shape index (κ3) is 5.96. The molecule has 7 heteroatoms. The smallest absolute Gasteiger partial charge is 0.226 e. The fraction of sp³-hybridized carbons (Fsp3) is 0.438. The van der Waals surface area contributed by atoms with Crippen LogP contribution in [0.15, 0.2) is 24.3 Å². The van der Waals surface area contributed by atoms with E-state index in [1.807, 2.05) is 38.4 Å². The van der Waals surface area contributed by atoms with Crippen LogP contribution in [0.1, 0.15) is 17.0 Å². The zero-order valence-electron chi connectivity index (χ0n) is 13.7. The van der Waals surface area contributed by atoms with Gasteiger partial charge >= 0.3 is 0 Å². The first kappa shape index (κ1) is 17.4. The Balaban J connectivity index is 1.77. The highest BCUT2D eigenvalue weighted by Gasteiger charge is 2.09. The zero-order chi connectivity index (χ0) is 16.7. The number of nitrogens with one attached hydrogen (secondary N) is 1. The van der Waals surface area contributed by atoms with Gasteiger partial charge in [0.2, 0.25) is 11.0 Å². The lowest BCUT2D eigenvalue weighted by molar-refractivity contribution is -0.116. The summed E-state index contributed by atoms with van der Waals surface area (Å²) in [5, 5.41) is 12.4. The minimum absolute atomic E-state index is 0.0453. The molecule has 1 heterocycles. The van der Waals surface area contributed by atoms with Gasteiger partial charge in [-0.05, 0) is 38.2 Å². The fourth-order valence-electron chi connectivity index (χ4n) is 1.96. The first-order chi connectivity index (χ1) is 11.1. The number of hydrogen-bond donors (Lipinski definition) is 1. The van der Waals surface area contributed by atoms with Crippen molar-refractivity contribution >= 4 is 22.4 Å². The van der Waals surface area contributed by atoms with E-state index < -0.39 is 0 Å². The number of carbonyl (C=O) groups excluding carboxylic acids is 1. The second-order valence-electron chi connectivity index (χ2n) is 5.45. The molecule has 0 fully saturated rings. The van der Waals surface area contributed by atoms with Gasteiger partial charge in [0.05, 0.1) is 7.11 Å². The summed E-state index contributed by atoms with van der Waals surface area (Å²) < 4.78 is 5.11. The number of nitrogens with zero attached hydrogens (tertiary/aromatic N) is 3. The van der Waals surface area contributed by atoms with E-state index in [0.29, 0.717) is 18.0 Å². The monoisotopic (exact) mass is 334 g/mol. The van der Waals surface area contributed by atoms with Crippen molar-refractivity contribution < 1.29 is 9.53 Å². The summed E-state index contributed by atoms with van der Waals surface area (Å²) in [4.78, 5) is 14.1. The second-order valence-corrected chi connectivity index (χ2v) is 6.51. The maximum atomic E-state index is 12.0. The molecule has 1 aromatic heterocycles. The van der Waals surface area contributed by atoms with Crippen LogP contribution in [-0.2, 0) is 17.6 Å². The van der Waals surface area contributed by atoms with Gasteiger partial charge in [0.25, 0.3) is 0 Å². The van der Waals surface area contributed by atoms with Gasteiger partial charge < -0.3 is 15.0 Å². The number of amides is 1. The predicted molar refractivity (Wildman–Crippen MR) is 92.1 cm³/mol. The Kier molecular flexibility index (Phi) is 6.49. The van der Waals surface area contributed by atoms with Crippen LogP contribution in [0.4, 0.5) is 5.13 Å². The molecule has 1 N–H and O–H groups in total. The zero-order valence-corrected chi connectivity index (χ0v) is 14.5. The van der Waals surface area contributed by atoms with Crippen molar-refractivity contribution in [2.24, 2.45) is 0 Å². The molecular weight excluding hydrogens is 312 g/mol. The van der Waals surface area contributed by atoms with Gasteiger partial charge in [-0.1, -0.05) is 23.5 Å². The molecule has 0 aliphatic heterocycles. The molecule has 0 unspecified atom stereocenters. The van der Waals surface area contributed by atoms with Crippen LogP contribution < -0.4 is 10.1 Å². The van der Waals surface area contributed by atoms with Crippen molar-refractivity contribution in [2.45, 2.75) is 19.3 Å². The second kappa shape index (κ2) is 8.59. The van der Waals surface area contributed by atoms with Crippen LogP contribution in [0, 0.1) is 0 Å². The molecule has 2 aromatic rings. The molecule has 0 atom stereocenters. The number of aryl methyl sites for hydroxylation is 1. The summed E-state index contributed by atoms with van der Waals surface area (Å²) in [6.45, 7) is 0.917. The van der Waals surface area contributed by atoms with Crippen molar-refractivity contribution in [1.82, 2.24) is 15.1 Å². The molecule has 23 heavy (non-hydrogen) atoms. The van der Waals surface area contributed by atoms with E-state index in [-0.39, 0.29) is 5.91 Å². The third-order valence-corrected chi connectivity index (χ3v) is 4.18. The third-order valence-electron chi connectivity index (χ3n) is 3.29. The van der Waals surface area contributed by atoms with E-state index in [9.17, 15) is 4.79 Å². The van der Waals surface area contributed by atoms with Crippen molar-refractivity contribution in [2.75, 3.05) is 33.1 Å². The lowest BCUT2D eigenvalue weighted by atomic mass is 10.1. The molecule has 6 nitrogen and oxygen atoms in total. The molecule has 124 valence electrons. The predicted octanol–water partition coefficient (Wildman–Crippen LogP) is 2.22. The molecule has 2 rings (SSSR count). The number of likely N-dealkylation sites (N-methyl/N-ethyl adjacent to an activating group) is 1. The summed E-state index contributed by atoms with van der Waals surface area (Å²) in [7, 11) is 5.67. The number of rotatable bonds is 8. The van der Waals surface area contributed by atoms with Gasteiger partial charge in [-0.25, -0.2) is 0 Å². The Hall–Kier alpha value is -1.99. The standard InChI is InChI=1S/C16H22N4O2S/c1-20(2)11-10-15-18-19-16(23-15)17-14(21)9-6-12-4-7-13(22-3)8-5-12/h4-5,7-8H,6,9-11H2,1-3H3,(H,17,19,21). The minimum Gasteiger partial charge on any atom is -0.497 e. The lowest BCUT2D eigenvalue weighted by Crippen LogP contribution is -2.14. The fourth-order valence-corrected chi connectivity index (χ4v) is 2.70. The maximum absolute atomic E-state index is 12.0. The SMILES string of the molecule is COc1ccc(CCC(=O)Nc2nnc(CCN(C)C)s2)cc1. The highest BCUT2D eigenvalue weighted by molar-refractivity contribution is 7.15. The topological polar surface area (TPSA) is 67.3 Å². The van der Waals surface area contributed by atoms with E-state index in [2.05, 4.69) is 20.4 Å². The van der Waals surface area contributed by atoms with Crippen LogP contribution >= 0.6 is 11.3 Å². The van der Waals surface area contributed by atoms with Crippen LogP contribution in [-0.4, -0.2) is 48.8 Å². The van der Waals surface area contributed by atoms with E-state index >= 15 is 0 Å². The van der Waals surface area contributed by atoms with Crippen LogP contribution in [0.3, 0.4) is 0 Å². The van der Waals surface area contributed by atoms with Gasteiger partial charge in [-0.3, -0.25) is 4.79 Å². The van der Waals surface area contributed by atoms with E-state index in [4.69, 9.17) is 4.74 Å². The Morgan fingerprint density at radius 3 is 2.61 bits per heavy atom. The molecule has 0 bridgehead atoms. The van der Waals surface area contributed by atoms with Gasteiger partial charge in [-0.2, -0.15) is 0 Å². The van der Waals surface area contributed by atoms with Gasteiger partial charge in [0.15, 0.2) is 0 Å². The maximum Gasteiger partial charge on any atom is 0.226 e. The average molecular weight is 334 g/mol. The number of benzene rings is 1. The molecule has 0 radical (unpaired) electrons. The van der Waals surface area contributed by atoms with Gasteiger partial charge in [-0.15, -0.1) is 10.2 Å². The van der Waals surface area contributed by atoms with Crippen LogP contribution in [0.2, 0.25) is 0 Å². The number of anilines is 1. The molecule has 0 saturated heterocycles. The van der Waals surface area contributed by atoms with Crippen molar-refractivity contribution in [1.29, 1.82) is 0 Å². The Bertz CT molecular complexity index is 625. The quantitative estimate of drug-likeness (QED) is 0.802. The number of ether oxygens (including phenoxy) is 1. The number of aromatic nitrogens is 2. The molecule has 1 amide bonds. The van der Waals surface area contributed by atoms with Gasteiger partial charge in [0, 0.05) is 19.4 Å². The minimum atomic E-state index is -0.0453. The number of hydrogen-bond acceptors (Lipinski definition) is 6. The van der Waals surface area contributed by atoms with E-state index in [1.54, 1.807) is 7.11 Å². The Labute approximate surface area is 140 Å². The summed E-state index contributed by atoms with van der Waals surface area (Å²) in [6.07, 6.45) is 1.94. The molecule has 0 saturated carbocycles. The lowest BCUT2D eigenvalue weighted by Gasteiger charge is -2.05. The average Bonchev–Trinajstić information content (AvgIpc) is 2.99. The molecule has 1 aromatic carbocycles. The number of methoxy groups -OCH3 is 1. The van der Waals surface area contributed by atoms with Crippen LogP contribution in [0.25, 0.3) is 0 Å².